The molecular weight excluding hydrogens is 384 g/mol. The number of halogens is 3. The topological polar surface area (TPSA) is 58.7 Å². The summed E-state index contributed by atoms with van der Waals surface area (Å²) in [5.74, 6) is -1.95. The minimum absolute atomic E-state index is 0.115. The molecule has 0 aromatic heterocycles. The molecule has 0 fully saturated rings. The number of hydrogen-bond acceptors (Lipinski definition) is 3. The Kier molecular flexibility index (Phi) is 5.70. The fourth-order valence-electron chi connectivity index (χ4n) is 3.63. The van der Waals surface area contributed by atoms with E-state index in [1.165, 1.54) is 35.3 Å². The van der Waals surface area contributed by atoms with Gasteiger partial charge in [-0.2, -0.15) is 5.10 Å². The van der Waals surface area contributed by atoms with Gasteiger partial charge in [-0.3, -0.25) is 4.79 Å². The summed E-state index contributed by atoms with van der Waals surface area (Å²) in [7, 11) is 0. The molecule has 2 aromatic carbocycles. The lowest BCUT2D eigenvalue weighted by molar-refractivity contribution is -0.123. The summed E-state index contributed by atoms with van der Waals surface area (Å²) in [6, 6.07) is 10.1. The van der Waals surface area contributed by atoms with Crippen LogP contribution in [0.25, 0.3) is 0 Å². The highest BCUT2D eigenvalue weighted by molar-refractivity contribution is 6.30. The molecule has 3 rings (SSSR count). The van der Waals surface area contributed by atoms with Gasteiger partial charge < -0.3 is 5.73 Å². The van der Waals surface area contributed by atoms with Crippen molar-refractivity contribution in [1.29, 1.82) is 0 Å². The SMILES string of the molecule is CCCCC1C(c2ccc(F)cc2)=NN(c2ccc(Cl)cc2F)C1(C)C(N)=O. The molecule has 2 atom stereocenters. The highest BCUT2D eigenvalue weighted by Gasteiger charge is 2.53. The van der Waals surface area contributed by atoms with E-state index in [-0.39, 0.29) is 22.4 Å². The van der Waals surface area contributed by atoms with Crippen LogP contribution in [0.15, 0.2) is 47.6 Å². The minimum Gasteiger partial charge on any atom is -0.368 e. The summed E-state index contributed by atoms with van der Waals surface area (Å²) in [6.45, 7) is 3.71. The van der Waals surface area contributed by atoms with E-state index in [0.29, 0.717) is 17.7 Å². The second-order valence-corrected chi connectivity index (χ2v) is 7.54. The summed E-state index contributed by atoms with van der Waals surface area (Å²) in [5, 5.41) is 6.19. The average Bonchev–Trinajstić information content (AvgIpc) is 2.94. The normalized spacial score (nSPS) is 21.7. The summed E-state index contributed by atoms with van der Waals surface area (Å²) >= 11 is 5.87. The van der Waals surface area contributed by atoms with Gasteiger partial charge in [0.05, 0.1) is 11.4 Å². The molecule has 2 unspecified atom stereocenters. The van der Waals surface area contributed by atoms with E-state index in [1.807, 2.05) is 6.92 Å². The zero-order valence-corrected chi connectivity index (χ0v) is 16.5. The molecule has 4 nitrogen and oxygen atoms in total. The highest BCUT2D eigenvalue weighted by Crippen LogP contribution is 2.42. The van der Waals surface area contributed by atoms with Crippen LogP contribution >= 0.6 is 11.6 Å². The molecular formula is C21H22ClF2N3O. The van der Waals surface area contributed by atoms with Crippen molar-refractivity contribution in [2.24, 2.45) is 16.8 Å². The second-order valence-electron chi connectivity index (χ2n) is 7.11. The fraction of sp³-hybridized carbons (Fsp3) is 0.333. The van der Waals surface area contributed by atoms with Crippen molar-refractivity contribution in [3.05, 3.63) is 64.7 Å². The predicted octanol–water partition coefficient (Wildman–Crippen LogP) is 4.89. The maximum absolute atomic E-state index is 14.7. The third-order valence-electron chi connectivity index (χ3n) is 5.28. The van der Waals surface area contributed by atoms with Gasteiger partial charge in [0, 0.05) is 10.9 Å². The Labute approximate surface area is 168 Å². The maximum atomic E-state index is 14.7. The van der Waals surface area contributed by atoms with Gasteiger partial charge in [-0.05, 0) is 49.2 Å². The number of benzene rings is 2. The summed E-state index contributed by atoms with van der Waals surface area (Å²) in [4.78, 5) is 12.6. The first kappa shape index (κ1) is 20.3. The van der Waals surface area contributed by atoms with Gasteiger partial charge in [0.2, 0.25) is 5.91 Å². The van der Waals surface area contributed by atoms with Gasteiger partial charge in [0.25, 0.3) is 0 Å². The zero-order chi connectivity index (χ0) is 20.5. The van der Waals surface area contributed by atoms with Crippen molar-refractivity contribution < 1.29 is 13.6 Å². The quantitative estimate of drug-likeness (QED) is 0.743. The Balaban J connectivity index is 2.17. The largest absolute Gasteiger partial charge is 0.368 e. The van der Waals surface area contributed by atoms with Gasteiger partial charge in [-0.25, -0.2) is 13.8 Å². The number of unbranched alkanes of at least 4 members (excludes halogenated alkanes) is 1. The van der Waals surface area contributed by atoms with Crippen LogP contribution in [0.1, 0.15) is 38.7 Å². The number of amides is 1. The lowest BCUT2D eigenvalue weighted by atomic mass is 9.77. The van der Waals surface area contributed by atoms with E-state index >= 15 is 0 Å². The summed E-state index contributed by atoms with van der Waals surface area (Å²) < 4.78 is 28.1. The van der Waals surface area contributed by atoms with Crippen molar-refractivity contribution in [2.75, 3.05) is 5.01 Å². The lowest BCUT2D eigenvalue weighted by Crippen LogP contribution is -2.56. The van der Waals surface area contributed by atoms with Crippen molar-refractivity contribution >= 4 is 28.9 Å². The number of carbonyl (C=O) groups is 1. The van der Waals surface area contributed by atoms with Crippen molar-refractivity contribution in [2.45, 2.75) is 38.6 Å². The highest BCUT2D eigenvalue weighted by atomic mass is 35.5. The smallest absolute Gasteiger partial charge is 0.245 e. The number of hydrazone groups is 1. The molecule has 0 saturated carbocycles. The number of anilines is 1. The van der Waals surface area contributed by atoms with Crippen LogP contribution in [0.5, 0.6) is 0 Å². The number of hydrogen-bond donors (Lipinski definition) is 1. The van der Waals surface area contributed by atoms with Crippen LogP contribution in [0, 0.1) is 17.6 Å². The molecule has 1 aliphatic heterocycles. The van der Waals surface area contributed by atoms with E-state index < -0.39 is 17.3 Å². The number of nitrogens with two attached hydrogens (primary N) is 1. The van der Waals surface area contributed by atoms with Gasteiger partial charge >= 0.3 is 0 Å². The number of carbonyl (C=O) groups excluding carboxylic acids is 1. The molecule has 1 heterocycles. The molecule has 148 valence electrons. The molecule has 0 aliphatic carbocycles. The van der Waals surface area contributed by atoms with E-state index in [1.54, 1.807) is 19.1 Å². The van der Waals surface area contributed by atoms with E-state index in [9.17, 15) is 13.6 Å². The fourth-order valence-corrected chi connectivity index (χ4v) is 3.79. The molecule has 1 amide bonds. The van der Waals surface area contributed by atoms with Crippen LogP contribution in [0.4, 0.5) is 14.5 Å². The third kappa shape index (κ3) is 3.49. The van der Waals surface area contributed by atoms with E-state index in [2.05, 4.69) is 5.10 Å². The molecule has 1 aliphatic rings. The Morgan fingerprint density at radius 2 is 1.93 bits per heavy atom. The first-order chi connectivity index (χ1) is 13.3. The van der Waals surface area contributed by atoms with Crippen molar-refractivity contribution in [1.82, 2.24) is 0 Å². The molecule has 7 heteroatoms. The molecule has 0 bridgehead atoms. The van der Waals surface area contributed by atoms with Crippen molar-refractivity contribution in [3.63, 3.8) is 0 Å². The monoisotopic (exact) mass is 405 g/mol. The number of primary amides is 1. The number of nitrogens with zero attached hydrogens (tertiary/aromatic N) is 2. The predicted molar refractivity (Wildman–Crippen MR) is 107 cm³/mol. The Bertz CT molecular complexity index is 916. The van der Waals surface area contributed by atoms with E-state index in [4.69, 9.17) is 17.3 Å². The summed E-state index contributed by atoms with van der Waals surface area (Å²) in [5.41, 5.74) is 5.91. The molecule has 0 radical (unpaired) electrons. The lowest BCUT2D eigenvalue weighted by Gasteiger charge is -2.36. The van der Waals surface area contributed by atoms with Gasteiger partial charge in [0.1, 0.15) is 17.2 Å². The summed E-state index contributed by atoms with van der Waals surface area (Å²) in [6.07, 6.45) is 2.39. The zero-order valence-electron chi connectivity index (χ0n) is 15.8. The Hall–Kier alpha value is -2.47. The molecule has 2 aromatic rings. The molecule has 0 spiro atoms. The first-order valence-electron chi connectivity index (χ1n) is 9.18. The van der Waals surface area contributed by atoms with E-state index in [0.717, 1.165) is 12.8 Å². The minimum atomic E-state index is -1.27. The molecule has 2 N–H and O–H groups in total. The molecule has 28 heavy (non-hydrogen) atoms. The van der Waals surface area contributed by atoms with Crippen LogP contribution in [-0.2, 0) is 4.79 Å². The van der Waals surface area contributed by atoms with Gasteiger partial charge in [0.15, 0.2) is 0 Å². The molecule has 0 saturated heterocycles. The van der Waals surface area contributed by atoms with Crippen LogP contribution in [0.2, 0.25) is 5.02 Å². The first-order valence-corrected chi connectivity index (χ1v) is 9.56. The number of rotatable bonds is 6. The Morgan fingerprint density at radius 1 is 1.25 bits per heavy atom. The van der Waals surface area contributed by atoms with Crippen LogP contribution < -0.4 is 10.7 Å². The van der Waals surface area contributed by atoms with Crippen molar-refractivity contribution in [3.8, 4) is 0 Å². The van der Waals surface area contributed by atoms with Crippen LogP contribution in [0.3, 0.4) is 0 Å². The maximum Gasteiger partial charge on any atom is 0.245 e. The standard InChI is InChI=1S/C21H22ClF2N3O/c1-3-4-5-16-19(13-6-9-15(23)10-7-13)26-27(21(16,2)20(25)28)18-11-8-14(22)12-17(18)24/h6-12,16H,3-5H2,1-2H3,(H2,25,28). The van der Waals surface area contributed by atoms with Crippen LogP contribution in [-0.4, -0.2) is 17.2 Å². The average molecular weight is 406 g/mol. The Morgan fingerprint density at radius 3 is 2.50 bits per heavy atom. The van der Waals surface area contributed by atoms with Gasteiger partial charge in [-0.1, -0.05) is 43.5 Å². The third-order valence-corrected chi connectivity index (χ3v) is 5.51. The second kappa shape index (κ2) is 7.87. The van der Waals surface area contributed by atoms with Gasteiger partial charge in [-0.15, -0.1) is 0 Å².